The number of hydrogen-bond acceptors (Lipinski definition) is 7. The molecule has 7 heteroatoms. The Balaban J connectivity index is 2.35. The number of ether oxygens (including phenoxy) is 5. The fourth-order valence-corrected chi connectivity index (χ4v) is 2.96. The molecule has 0 N–H and O–H groups in total. The molecule has 2 aliphatic rings. The van der Waals surface area contributed by atoms with Crippen LogP contribution in [0, 0.1) is 0 Å². The molecule has 0 radical (unpaired) electrons. The minimum atomic E-state index is -1.39. The molecule has 0 aromatic rings. The number of Topliss-reactive ketones (excluding diaryl/α,β-unsaturated/α-hetero) is 1. The Morgan fingerprint density at radius 2 is 1.81 bits per heavy atom. The summed E-state index contributed by atoms with van der Waals surface area (Å²) in [4.78, 5) is 23.9. The maximum Gasteiger partial charge on any atom is 0.309 e. The highest BCUT2D eigenvalue weighted by molar-refractivity contribution is 5.91. The van der Waals surface area contributed by atoms with Crippen molar-refractivity contribution in [2.45, 2.75) is 56.9 Å². The fraction of sp³-hybridized carbons (Fsp3) is 0.857. The third-order valence-electron chi connectivity index (χ3n) is 3.88. The molecule has 7 nitrogen and oxygen atoms in total. The Morgan fingerprint density at radius 3 is 2.33 bits per heavy atom. The molecule has 0 spiro atoms. The zero-order valence-corrected chi connectivity index (χ0v) is 13.0. The highest BCUT2D eigenvalue weighted by Gasteiger charge is 2.65. The van der Waals surface area contributed by atoms with Crippen molar-refractivity contribution < 1.29 is 33.3 Å². The van der Waals surface area contributed by atoms with Crippen molar-refractivity contribution in [3.8, 4) is 0 Å². The molecule has 2 saturated heterocycles. The van der Waals surface area contributed by atoms with Crippen molar-refractivity contribution in [3.05, 3.63) is 0 Å². The van der Waals surface area contributed by atoms with Gasteiger partial charge in [-0.05, 0) is 20.8 Å². The highest BCUT2D eigenvalue weighted by Crippen LogP contribution is 2.46. The van der Waals surface area contributed by atoms with Gasteiger partial charge in [-0.15, -0.1) is 0 Å². The van der Waals surface area contributed by atoms with Crippen LogP contribution in [0.3, 0.4) is 0 Å². The summed E-state index contributed by atoms with van der Waals surface area (Å²) in [6.07, 6.45) is -1.81. The van der Waals surface area contributed by atoms with Gasteiger partial charge in [-0.2, -0.15) is 0 Å². The number of esters is 1. The van der Waals surface area contributed by atoms with E-state index < -0.39 is 35.7 Å². The first kappa shape index (κ1) is 16.4. The average molecular weight is 302 g/mol. The third kappa shape index (κ3) is 2.83. The van der Waals surface area contributed by atoms with E-state index in [-0.39, 0.29) is 18.8 Å². The molecule has 0 saturated carbocycles. The van der Waals surface area contributed by atoms with E-state index in [1.807, 2.05) is 0 Å². The first-order chi connectivity index (χ1) is 9.75. The van der Waals surface area contributed by atoms with Crippen LogP contribution in [-0.2, 0) is 33.3 Å². The van der Waals surface area contributed by atoms with Gasteiger partial charge < -0.3 is 23.7 Å². The van der Waals surface area contributed by atoms with E-state index in [4.69, 9.17) is 18.9 Å². The molecule has 21 heavy (non-hydrogen) atoms. The summed E-state index contributed by atoms with van der Waals surface area (Å²) in [7, 11) is 2.80. The first-order valence-electron chi connectivity index (χ1n) is 6.86. The Kier molecular flexibility index (Phi) is 4.39. The topological polar surface area (TPSA) is 80.3 Å². The summed E-state index contributed by atoms with van der Waals surface area (Å²) in [5.74, 6) is -1.67. The quantitative estimate of drug-likeness (QED) is 0.682. The van der Waals surface area contributed by atoms with E-state index in [1.165, 1.54) is 21.1 Å². The van der Waals surface area contributed by atoms with Crippen LogP contribution in [0.15, 0.2) is 0 Å². The van der Waals surface area contributed by atoms with E-state index in [1.54, 1.807) is 13.8 Å². The van der Waals surface area contributed by atoms with E-state index in [0.29, 0.717) is 0 Å². The predicted octanol–water partition coefficient (Wildman–Crippen LogP) is 0.443. The lowest BCUT2D eigenvalue weighted by Gasteiger charge is -2.31. The molecule has 0 unspecified atom stereocenters. The number of fused-ring (bicyclic) bond motifs is 1. The third-order valence-corrected chi connectivity index (χ3v) is 3.88. The van der Waals surface area contributed by atoms with Crippen LogP contribution in [0.4, 0.5) is 0 Å². The summed E-state index contributed by atoms with van der Waals surface area (Å²) < 4.78 is 27.3. The van der Waals surface area contributed by atoms with Crippen molar-refractivity contribution in [3.63, 3.8) is 0 Å². The molecular formula is C14H22O7. The minimum absolute atomic E-state index is 0.209. The van der Waals surface area contributed by atoms with Gasteiger partial charge in [0.1, 0.15) is 18.3 Å². The monoisotopic (exact) mass is 302 g/mol. The molecule has 4 atom stereocenters. The van der Waals surface area contributed by atoms with Crippen molar-refractivity contribution >= 4 is 11.8 Å². The van der Waals surface area contributed by atoms with Gasteiger partial charge in [0, 0.05) is 7.11 Å². The molecule has 0 aromatic heterocycles. The number of carbonyl (C=O) groups is 2. The first-order valence-corrected chi connectivity index (χ1v) is 6.86. The number of rotatable bonds is 5. The van der Waals surface area contributed by atoms with Gasteiger partial charge in [-0.3, -0.25) is 9.59 Å². The number of ketones is 1. The second kappa shape index (κ2) is 5.64. The SMILES string of the molecule is COC[C@@H]1O[C@@](CC(=O)OC)(C(C)=O)[C@H]2OC(C)(C)O[C@@H]12. The van der Waals surface area contributed by atoms with Gasteiger partial charge in [-0.1, -0.05) is 0 Å². The zero-order valence-electron chi connectivity index (χ0n) is 13.0. The van der Waals surface area contributed by atoms with Crippen LogP contribution >= 0.6 is 0 Å². The fourth-order valence-electron chi connectivity index (χ4n) is 2.96. The lowest BCUT2D eigenvalue weighted by atomic mass is 9.87. The minimum Gasteiger partial charge on any atom is -0.469 e. The van der Waals surface area contributed by atoms with Gasteiger partial charge in [0.25, 0.3) is 0 Å². The summed E-state index contributed by atoms with van der Waals surface area (Å²) in [5.41, 5.74) is -1.39. The highest BCUT2D eigenvalue weighted by atomic mass is 16.8. The second-order valence-electron chi connectivity index (χ2n) is 5.83. The predicted molar refractivity (Wildman–Crippen MR) is 70.6 cm³/mol. The van der Waals surface area contributed by atoms with Crippen LogP contribution in [-0.4, -0.2) is 62.3 Å². The van der Waals surface area contributed by atoms with Crippen molar-refractivity contribution in [2.75, 3.05) is 20.8 Å². The summed E-state index contributed by atoms with van der Waals surface area (Å²) in [6.45, 7) is 5.15. The molecule has 120 valence electrons. The Bertz CT molecular complexity index is 433. The molecule has 0 bridgehead atoms. The number of carbonyl (C=O) groups excluding carboxylic acids is 2. The number of methoxy groups -OCH3 is 2. The van der Waals surface area contributed by atoms with Gasteiger partial charge in [0.2, 0.25) is 0 Å². The van der Waals surface area contributed by atoms with E-state index >= 15 is 0 Å². The van der Waals surface area contributed by atoms with Gasteiger partial charge in [0.05, 0.1) is 20.1 Å². The summed E-state index contributed by atoms with van der Waals surface area (Å²) >= 11 is 0. The largest absolute Gasteiger partial charge is 0.469 e. The molecular weight excluding hydrogens is 280 g/mol. The number of hydrogen-bond donors (Lipinski definition) is 0. The van der Waals surface area contributed by atoms with Gasteiger partial charge in [-0.25, -0.2) is 0 Å². The zero-order chi connectivity index (χ0) is 15.8. The summed E-state index contributed by atoms with van der Waals surface area (Å²) in [6, 6.07) is 0. The maximum absolute atomic E-state index is 12.2. The maximum atomic E-state index is 12.2. The van der Waals surface area contributed by atoms with Crippen LogP contribution in [0.2, 0.25) is 0 Å². The molecule has 0 aromatic carbocycles. The second-order valence-corrected chi connectivity index (χ2v) is 5.83. The van der Waals surface area contributed by atoms with E-state index in [0.717, 1.165) is 0 Å². The van der Waals surface area contributed by atoms with Crippen LogP contribution in [0.25, 0.3) is 0 Å². The van der Waals surface area contributed by atoms with Crippen molar-refractivity contribution in [1.29, 1.82) is 0 Å². The van der Waals surface area contributed by atoms with Crippen LogP contribution < -0.4 is 0 Å². The average Bonchev–Trinajstić information content (AvgIpc) is 2.84. The molecule has 2 heterocycles. The Hall–Kier alpha value is -1.02. The molecule has 0 amide bonds. The lowest BCUT2D eigenvalue weighted by molar-refractivity contribution is -0.215. The Labute approximate surface area is 123 Å². The van der Waals surface area contributed by atoms with Crippen LogP contribution in [0.5, 0.6) is 0 Å². The molecule has 2 aliphatic heterocycles. The standard InChI is InChI=1S/C14H22O7/c1-8(15)14(6-10(16)18-5)12-11(9(19-14)7-17-4)20-13(2,3)21-12/h9,11-12H,6-7H2,1-5H3/t9-,11-,12-,14-/m0/s1. The van der Waals surface area contributed by atoms with Gasteiger partial charge in [0.15, 0.2) is 17.2 Å². The Morgan fingerprint density at radius 1 is 1.14 bits per heavy atom. The van der Waals surface area contributed by atoms with Gasteiger partial charge >= 0.3 is 5.97 Å². The smallest absolute Gasteiger partial charge is 0.309 e. The van der Waals surface area contributed by atoms with E-state index in [9.17, 15) is 9.59 Å². The van der Waals surface area contributed by atoms with Crippen molar-refractivity contribution in [2.24, 2.45) is 0 Å². The summed E-state index contributed by atoms with van der Waals surface area (Å²) in [5, 5.41) is 0. The molecule has 0 aliphatic carbocycles. The van der Waals surface area contributed by atoms with Crippen LogP contribution in [0.1, 0.15) is 27.2 Å². The molecule has 2 rings (SSSR count). The van der Waals surface area contributed by atoms with E-state index in [2.05, 4.69) is 4.74 Å². The lowest BCUT2D eigenvalue weighted by Crippen LogP contribution is -2.50. The normalized spacial score (nSPS) is 37.3. The van der Waals surface area contributed by atoms with Crippen molar-refractivity contribution in [1.82, 2.24) is 0 Å². The molecule has 2 fully saturated rings.